The first-order valence-corrected chi connectivity index (χ1v) is 7.74. The largest absolute Gasteiger partial charge is 0.480 e. The van der Waals surface area contributed by atoms with Gasteiger partial charge in [0.05, 0.1) is 17.7 Å². The van der Waals surface area contributed by atoms with Crippen molar-refractivity contribution in [2.45, 2.75) is 0 Å². The number of halogens is 2. The van der Waals surface area contributed by atoms with E-state index in [2.05, 4.69) is 9.97 Å². The number of aromatic amines is 1. The van der Waals surface area contributed by atoms with Gasteiger partial charge in [0.25, 0.3) is 5.91 Å². The molecule has 1 amide bonds. The van der Waals surface area contributed by atoms with E-state index in [9.17, 15) is 9.18 Å². The van der Waals surface area contributed by atoms with Gasteiger partial charge in [0, 0.05) is 42.3 Å². The van der Waals surface area contributed by atoms with Gasteiger partial charge in [-0.3, -0.25) is 4.79 Å². The molecule has 0 bridgehead atoms. The molecule has 3 aromatic rings. The summed E-state index contributed by atoms with van der Waals surface area (Å²) in [6.45, 7) is 0. The van der Waals surface area contributed by atoms with Crippen LogP contribution in [0.2, 0.25) is 5.02 Å². The second kappa shape index (κ2) is 6.25. The Morgan fingerprint density at radius 3 is 2.64 bits per heavy atom. The Morgan fingerprint density at radius 2 is 2.04 bits per heavy atom. The number of fused-ring (bicyclic) bond motifs is 1. The van der Waals surface area contributed by atoms with Crippen LogP contribution in [-0.4, -0.2) is 37.1 Å². The third-order valence-electron chi connectivity index (χ3n) is 3.86. The minimum absolute atomic E-state index is 0.150. The average molecular weight is 363 g/mol. The molecule has 1 aromatic carbocycles. The minimum Gasteiger partial charge on any atom is -0.480 e. The molecule has 8 heteroatoms. The maximum absolute atomic E-state index is 14.4. The lowest BCUT2D eigenvalue weighted by atomic mass is 10.0. The van der Waals surface area contributed by atoms with Gasteiger partial charge < -0.3 is 20.4 Å². The summed E-state index contributed by atoms with van der Waals surface area (Å²) in [5.41, 5.74) is 7.24. The van der Waals surface area contributed by atoms with Crippen LogP contribution in [0.4, 0.5) is 10.2 Å². The maximum Gasteiger partial charge on any atom is 0.250 e. The fraction of sp³-hybridized carbons (Fsp3) is 0.176. The van der Waals surface area contributed by atoms with Crippen molar-refractivity contribution in [2.75, 3.05) is 26.1 Å². The molecular weight excluding hydrogens is 347 g/mol. The van der Waals surface area contributed by atoms with Gasteiger partial charge in [0.1, 0.15) is 0 Å². The highest BCUT2D eigenvalue weighted by atomic mass is 35.5. The van der Waals surface area contributed by atoms with Crippen molar-refractivity contribution in [2.24, 2.45) is 5.73 Å². The molecule has 0 radical (unpaired) electrons. The minimum atomic E-state index is -0.571. The van der Waals surface area contributed by atoms with Crippen LogP contribution in [0.15, 0.2) is 24.4 Å². The summed E-state index contributed by atoms with van der Waals surface area (Å²) in [5.74, 6) is -0.709. The van der Waals surface area contributed by atoms with E-state index in [1.165, 1.54) is 19.4 Å². The summed E-state index contributed by atoms with van der Waals surface area (Å²) in [4.78, 5) is 20.3. The summed E-state index contributed by atoms with van der Waals surface area (Å²) >= 11 is 6.36. The Morgan fingerprint density at radius 1 is 1.32 bits per heavy atom. The third kappa shape index (κ3) is 2.87. The number of hydrogen-bond donors (Lipinski definition) is 2. The highest BCUT2D eigenvalue weighted by Crippen LogP contribution is 2.38. The van der Waals surface area contributed by atoms with Crippen LogP contribution >= 0.6 is 11.6 Å². The number of benzene rings is 1. The number of carbonyl (C=O) groups is 1. The molecule has 3 rings (SSSR count). The highest BCUT2D eigenvalue weighted by Gasteiger charge is 2.19. The van der Waals surface area contributed by atoms with Gasteiger partial charge in [-0.25, -0.2) is 4.39 Å². The molecular formula is C17H16ClFN4O2. The van der Waals surface area contributed by atoms with Crippen LogP contribution in [-0.2, 0) is 0 Å². The van der Waals surface area contributed by atoms with Crippen LogP contribution in [0.3, 0.4) is 0 Å². The fourth-order valence-electron chi connectivity index (χ4n) is 2.68. The van der Waals surface area contributed by atoms with Crippen molar-refractivity contribution >= 4 is 34.2 Å². The summed E-state index contributed by atoms with van der Waals surface area (Å²) in [6, 6.07) is 4.63. The highest BCUT2D eigenvalue weighted by molar-refractivity contribution is 6.34. The zero-order valence-electron chi connectivity index (χ0n) is 13.9. The van der Waals surface area contributed by atoms with E-state index in [0.717, 1.165) is 0 Å². The molecule has 0 aliphatic carbocycles. The van der Waals surface area contributed by atoms with E-state index in [1.807, 2.05) is 0 Å². The fourth-order valence-corrected chi connectivity index (χ4v) is 2.94. The normalized spacial score (nSPS) is 10.9. The van der Waals surface area contributed by atoms with Crippen LogP contribution in [0.5, 0.6) is 5.88 Å². The molecule has 2 heterocycles. The van der Waals surface area contributed by atoms with Crippen LogP contribution < -0.4 is 15.4 Å². The molecule has 2 aromatic heterocycles. The summed E-state index contributed by atoms with van der Waals surface area (Å²) < 4.78 is 19.7. The molecule has 0 spiro atoms. The number of rotatable bonds is 4. The van der Waals surface area contributed by atoms with Gasteiger partial charge in [-0.05, 0) is 18.2 Å². The number of amides is 1. The number of methoxy groups -OCH3 is 1. The zero-order chi connectivity index (χ0) is 18.3. The molecule has 0 saturated carbocycles. The van der Waals surface area contributed by atoms with Crippen molar-refractivity contribution < 1.29 is 13.9 Å². The number of primary amides is 1. The first-order chi connectivity index (χ1) is 11.8. The molecule has 0 aliphatic rings. The van der Waals surface area contributed by atoms with Crippen molar-refractivity contribution in [1.82, 2.24) is 9.97 Å². The predicted octanol–water partition coefficient (Wildman–Crippen LogP) is 3.20. The molecule has 6 nitrogen and oxygen atoms in total. The summed E-state index contributed by atoms with van der Waals surface area (Å²) in [7, 11) is 4.81. The van der Waals surface area contributed by atoms with E-state index < -0.39 is 11.7 Å². The number of nitrogens with two attached hydrogens (primary N) is 1. The van der Waals surface area contributed by atoms with Crippen molar-refractivity contribution in [3.63, 3.8) is 0 Å². The standard InChI is InChI=1S/C17H16ClFN4O2/c1-23(2)16-13(19)5-10(17(22-16)25-3)8-4-9-11(15(20)24)7-21-14(9)6-12(8)18/h4-7,21H,1-3H3,(H2,20,24). The second-order valence-electron chi connectivity index (χ2n) is 5.69. The Balaban J connectivity index is 2.28. The molecule has 0 atom stereocenters. The molecule has 0 saturated heterocycles. The van der Waals surface area contributed by atoms with Gasteiger partial charge in [-0.1, -0.05) is 11.6 Å². The van der Waals surface area contributed by atoms with Gasteiger partial charge >= 0.3 is 0 Å². The number of anilines is 1. The van der Waals surface area contributed by atoms with E-state index in [-0.39, 0.29) is 11.7 Å². The summed E-state index contributed by atoms with van der Waals surface area (Å²) in [5, 5.41) is 0.952. The SMILES string of the molecule is COc1nc(N(C)C)c(F)cc1-c1cc2c(C(N)=O)c[nH]c2cc1Cl. The molecule has 0 fully saturated rings. The molecule has 0 unspecified atom stereocenters. The summed E-state index contributed by atoms with van der Waals surface area (Å²) in [6.07, 6.45) is 1.51. The first-order valence-electron chi connectivity index (χ1n) is 7.36. The lowest BCUT2D eigenvalue weighted by molar-refractivity contribution is 0.100. The zero-order valence-corrected chi connectivity index (χ0v) is 14.6. The van der Waals surface area contributed by atoms with E-state index >= 15 is 0 Å². The van der Waals surface area contributed by atoms with Crippen LogP contribution in [0, 0.1) is 5.82 Å². The number of H-pyrrole nitrogens is 1. The van der Waals surface area contributed by atoms with Crippen LogP contribution in [0.25, 0.3) is 22.0 Å². The molecule has 25 heavy (non-hydrogen) atoms. The quantitative estimate of drug-likeness (QED) is 0.746. The van der Waals surface area contributed by atoms with Crippen molar-refractivity contribution in [3.05, 3.63) is 40.8 Å². The number of hydrogen-bond acceptors (Lipinski definition) is 4. The topological polar surface area (TPSA) is 84.2 Å². The number of aromatic nitrogens is 2. The van der Waals surface area contributed by atoms with E-state index in [0.29, 0.717) is 32.6 Å². The Hall–Kier alpha value is -2.80. The van der Waals surface area contributed by atoms with Gasteiger partial charge in [-0.15, -0.1) is 0 Å². The van der Waals surface area contributed by atoms with Crippen molar-refractivity contribution in [3.8, 4) is 17.0 Å². The van der Waals surface area contributed by atoms with E-state index in [1.54, 1.807) is 31.1 Å². The lowest BCUT2D eigenvalue weighted by Crippen LogP contribution is -2.13. The number of carbonyl (C=O) groups excluding carboxylic acids is 1. The Bertz CT molecular complexity index is 984. The van der Waals surface area contributed by atoms with Crippen molar-refractivity contribution in [1.29, 1.82) is 0 Å². The second-order valence-corrected chi connectivity index (χ2v) is 6.10. The van der Waals surface area contributed by atoms with Gasteiger partial charge in [0.2, 0.25) is 5.88 Å². The number of pyridine rings is 1. The average Bonchev–Trinajstić information content (AvgIpc) is 2.96. The van der Waals surface area contributed by atoms with Crippen LogP contribution in [0.1, 0.15) is 10.4 Å². The number of ether oxygens (including phenoxy) is 1. The van der Waals surface area contributed by atoms with Gasteiger partial charge in [-0.2, -0.15) is 4.98 Å². The third-order valence-corrected chi connectivity index (χ3v) is 4.18. The monoisotopic (exact) mass is 362 g/mol. The number of nitrogens with zero attached hydrogens (tertiary/aromatic N) is 2. The Labute approximate surface area is 148 Å². The molecule has 3 N–H and O–H groups in total. The van der Waals surface area contributed by atoms with E-state index in [4.69, 9.17) is 22.1 Å². The predicted molar refractivity (Wildman–Crippen MR) is 95.9 cm³/mol. The first kappa shape index (κ1) is 17.0. The molecule has 130 valence electrons. The molecule has 0 aliphatic heterocycles. The smallest absolute Gasteiger partial charge is 0.250 e. The maximum atomic E-state index is 14.4. The Kier molecular flexibility index (Phi) is 4.26. The lowest BCUT2D eigenvalue weighted by Gasteiger charge is -2.16. The number of nitrogens with one attached hydrogen (secondary N) is 1. The van der Waals surface area contributed by atoms with Gasteiger partial charge in [0.15, 0.2) is 11.6 Å².